The highest BCUT2D eigenvalue weighted by Crippen LogP contribution is 2.18. The molecular formula is C20H27N3O2. The first-order valence-corrected chi connectivity index (χ1v) is 8.70. The summed E-state index contributed by atoms with van der Waals surface area (Å²) < 4.78 is 0. The lowest BCUT2D eigenvalue weighted by Crippen LogP contribution is -2.44. The van der Waals surface area contributed by atoms with Crippen LogP contribution in [-0.4, -0.2) is 35.3 Å². The number of rotatable bonds is 8. The Morgan fingerprint density at radius 2 is 1.84 bits per heavy atom. The predicted octanol–water partition coefficient (Wildman–Crippen LogP) is 2.72. The minimum atomic E-state index is -0.213. The van der Waals surface area contributed by atoms with Crippen molar-refractivity contribution in [3.05, 3.63) is 66.0 Å². The molecule has 0 aliphatic carbocycles. The Kier molecular flexibility index (Phi) is 7.41. The number of aliphatic hydroxyl groups excluding tert-OH is 1. The summed E-state index contributed by atoms with van der Waals surface area (Å²) >= 11 is 0. The molecule has 1 heterocycles. The standard InChI is InChI=1S/C20H27N3O2/c1-15(18-8-4-3-5-9-18)16(2)23-20(25)22-13-17(14-24)12-19-10-6-7-11-21-19/h3-11,15-17,24H,12-14H2,1-2H3,(H2,22,23,25). The summed E-state index contributed by atoms with van der Waals surface area (Å²) in [4.78, 5) is 16.4. The topological polar surface area (TPSA) is 74.2 Å². The lowest BCUT2D eigenvalue weighted by molar-refractivity contribution is 0.211. The van der Waals surface area contributed by atoms with E-state index in [4.69, 9.17) is 0 Å². The lowest BCUT2D eigenvalue weighted by atomic mass is 9.94. The van der Waals surface area contributed by atoms with Gasteiger partial charge in [-0.2, -0.15) is 0 Å². The van der Waals surface area contributed by atoms with E-state index in [1.807, 2.05) is 43.3 Å². The van der Waals surface area contributed by atoms with Crippen LogP contribution in [0.2, 0.25) is 0 Å². The Balaban J connectivity index is 1.78. The van der Waals surface area contributed by atoms with Gasteiger partial charge in [-0.15, -0.1) is 0 Å². The molecule has 0 saturated heterocycles. The van der Waals surface area contributed by atoms with E-state index in [9.17, 15) is 9.90 Å². The Morgan fingerprint density at radius 3 is 2.48 bits per heavy atom. The monoisotopic (exact) mass is 341 g/mol. The first-order valence-electron chi connectivity index (χ1n) is 8.70. The van der Waals surface area contributed by atoms with Crippen molar-refractivity contribution in [1.29, 1.82) is 0 Å². The Morgan fingerprint density at radius 1 is 1.12 bits per heavy atom. The molecular weight excluding hydrogens is 314 g/mol. The quantitative estimate of drug-likeness (QED) is 0.691. The Labute approximate surface area is 149 Å². The van der Waals surface area contributed by atoms with Crippen LogP contribution in [-0.2, 0) is 6.42 Å². The van der Waals surface area contributed by atoms with E-state index in [1.165, 1.54) is 5.56 Å². The summed E-state index contributed by atoms with van der Waals surface area (Å²) in [6, 6.07) is 15.6. The summed E-state index contributed by atoms with van der Waals surface area (Å²) in [6.07, 6.45) is 2.37. The van der Waals surface area contributed by atoms with Gasteiger partial charge in [0.25, 0.3) is 0 Å². The number of aromatic nitrogens is 1. The zero-order chi connectivity index (χ0) is 18.1. The molecule has 2 aromatic rings. The van der Waals surface area contributed by atoms with Crippen LogP contribution in [0, 0.1) is 5.92 Å². The average Bonchev–Trinajstić information content (AvgIpc) is 2.66. The van der Waals surface area contributed by atoms with Gasteiger partial charge in [0.2, 0.25) is 0 Å². The molecule has 0 bridgehead atoms. The molecule has 0 saturated carbocycles. The van der Waals surface area contributed by atoms with Gasteiger partial charge in [-0.3, -0.25) is 4.98 Å². The first kappa shape index (κ1) is 18.9. The van der Waals surface area contributed by atoms with Gasteiger partial charge in [-0.25, -0.2) is 4.79 Å². The molecule has 1 aromatic heterocycles. The van der Waals surface area contributed by atoms with Gasteiger partial charge < -0.3 is 15.7 Å². The van der Waals surface area contributed by atoms with Crippen molar-refractivity contribution in [2.75, 3.05) is 13.2 Å². The minimum absolute atomic E-state index is 0.00534. The molecule has 2 rings (SSSR count). The number of pyridine rings is 1. The van der Waals surface area contributed by atoms with E-state index in [-0.39, 0.29) is 30.5 Å². The average molecular weight is 341 g/mol. The molecule has 25 heavy (non-hydrogen) atoms. The number of urea groups is 1. The van der Waals surface area contributed by atoms with Crippen LogP contribution in [0.5, 0.6) is 0 Å². The number of nitrogens with one attached hydrogen (secondary N) is 2. The molecule has 0 radical (unpaired) electrons. The molecule has 5 nitrogen and oxygen atoms in total. The molecule has 3 unspecified atom stereocenters. The summed E-state index contributed by atoms with van der Waals surface area (Å²) in [5.41, 5.74) is 2.11. The van der Waals surface area contributed by atoms with Crippen LogP contribution in [0.3, 0.4) is 0 Å². The maximum atomic E-state index is 12.1. The third-order valence-corrected chi connectivity index (χ3v) is 4.47. The number of aliphatic hydroxyl groups is 1. The molecule has 1 aromatic carbocycles. The molecule has 3 atom stereocenters. The van der Waals surface area contributed by atoms with Crippen molar-refractivity contribution in [3.63, 3.8) is 0 Å². The second-order valence-corrected chi connectivity index (χ2v) is 6.42. The molecule has 0 fully saturated rings. The van der Waals surface area contributed by atoms with Crippen LogP contribution in [0.25, 0.3) is 0 Å². The van der Waals surface area contributed by atoms with Gasteiger partial charge in [-0.1, -0.05) is 43.3 Å². The largest absolute Gasteiger partial charge is 0.396 e. The van der Waals surface area contributed by atoms with Crippen molar-refractivity contribution in [1.82, 2.24) is 15.6 Å². The number of carbonyl (C=O) groups excluding carboxylic acids is 1. The number of nitrogens with zero attached hydrogens (tertiary/aromatic N) is 1. The third-order valence-electron chi connectivity index (χ3n) is 4.47. The second kappa shape index (κ2) is 9.79. The van der Waals surface area contributed by atoms with Crippen molar-refractivity contribution in [2.24, 2.45) is 5.92 Å². The number of benzene rings is 1. The molecule has 0 spiro atoms. The Hall–Kier alpha value is -2.40. The van der Waals surface area contributed by atoms with E-state index in [1.54, 1.807) is 6.20 Å². The van der Waals surface area contributed by atoms with Gasteiger partial charge in [0.05, 0.1) is 0 Å². The summed E-state index contributed by atoms with van der Waals surface area (Å²) in [5.74, 6) is 0.164. The van der Waals surface area contributed by atoms with Gasteiger partial charge >= 0.3 is 6.03 Å². The summed E-state index contributed by atoms with van der Waals surface area (Å²) in [5, 5.41) is 15.3. The van der Waals surface area contributed by atoms with Crippen molar-refractivity contribution >= 4 is 6.03 Å². The van der Waals surface area contributed by atoms with E-state index in [0.29, 0.717) is 13.0 Å². The van der Waals surface area contributed by atoms with E-state index >= 15 is 0 Å². The molecule has 0 aliphatic rings. The summed E-state index contributed by atoms with van der Waals surface area (Å²) in [6.45, 7) is 4.50. The first-order chi connectivity index (χ1) is 12.1. The third kappa shape index (κ3) is 6.19. The molecule has 3 N–H and O–H groups in total. The highest BCUT2D eigenvalue weighted by molar-refractivity contribution is 5.74. The number of hydrogen-bond donors (Lipinski definition) is 3. The molecule has 134 valence electrons. The lowest BCUT2D eigenvalue weighted by Gasteiger charge is -2.23. The second-order valence-electron chi connectivity index (χ2n) is 6.42. The van der Waals surface area contributed by atoms with Crippen molar-refractivity contribution in [3.8, 4) is 0 Å². The molecule has 0 aliphatic heterocycles. The highest BCUT2D eigenvalue weighted by Gasteiger charge is 2.17. The van der Waals surface area contributed by atoms with Gasteiger partial charge in [0, 0.05) is 42.9 Å². The van der Waals surface area contributed by atoms with E-state index in [2.05, 4.69) is 34.7 Å². The number of hydrogen-bond acceptors (Lipinski definition) is 3. The van der Waals surface area contributed by atoms with Crippen LogP contribution >= 0.6 is 0 Å². The van der Waals surface area contributed by atoms with E-state index in [0.717, 1.165) is 5.69 Å². The number of amides is 2. The van der Waals surface area contributed by atoms with Crippen LogP contribution in [0.4, 0.5) is 4.79 Å². The zero-order valence-electron chi connectivity index (χ0n) is 14.9. The van der Waals surface area contributed by atoms with Gasteiger partial charge in [0.15, 0.2) is 0 Å². The maximum absolute atomic E-state index is 12.1. The van der Waals surface area contributed by atoms with Crippen LogP contribution in [0.15, 0.2) is 54.7 Å². The molecule has 5 heteroatoms. The fourth-order valence-electron chi connectivity index (χ4n) is 2.68. The van der Waals surface area contributed by atoms with Crippen molar-refractivity contribution in [2.45, 2.75) is 32.2 Å². The van der Waals surface area contributed by atoms with Crippen LogP contribution in [0.1, 0.15) is 31.0 Å². The maximum Gasteiger partial charge on any atom is 0.315 e. The summed E-state index contributed by atoms with van der Waals surface area (Å²) in [7, 11) is 0. The van der Waals surface area contributed by atoms with Crippen molar-refractivity contribution < 1.29 is 9.90 Å². The van der Waals surface area contributed by atoms with Gasteiger partial charge in [-0.05, 0) is 31.0 Å². The fraction of sp³-hybridized carbons (Fsp3) is 0.400. The fourth-order valence-corrected chi connectivity index (χ4v) is 2.68. The molecule has 2 amide bonds. The van der Waals surface area contributed by atoms with Gasteiger partial charge in [0.1, 0.15) is 0 Å². The van der Waals surface area contributed by atoms with E-state index < -0.39 is 0 Å². The smallest absolute Gasteiger partial charge is 0.315 e. The predicted molar refractivity (Wildman–Crippen MR) is 99.4 cm³/mol. The highest BCUT2D eigenvalue weighted by atomic mass is 16.3. The normalized spacial score (nSPS) is 14.4. The van der Waals surface area contributed by atoms with Crippen LogP contribution < -0.4 is 10.6 Å². The minimum Gasteiger partial charge on any atom is -0.396 e. The Bertz CT molecular complexity index is 634. The zero-order valence-corrected chi connectivity index (χ0v) is 14.9. The SMILES string of the molecule is CC(NC(=O)NCC(CO)Cc1ccccn1)C(C)c1ccccc1. The number of carbonyl (C=O) groups is 1.